The second-order valence-corrected chi connectivity index (χ2v) is 7.36. The molecular weight excluding hydrogens is 252 g/mol. The first-order valence-electron chi connectivity index (χ1n) is 6.94. The third-order valence-corrected chi connectivity index (χ3v) is 5.76. The first-order valence-corrected chi connectivity index (χ1v) is 8.38. The van der Waals surface area contributed by atoms with Gasteiger partial charge in [0.1, 0.15) is 0 Å². The number of nitrogens with zero attached hydrogens (tertiary/aromatic N) is 1. The topological polar surface area (TPSA) is 69.6 Å². The van der Waals surface area contributed by atoms with E-state index in [-0.39, 0.29) is 6.04 Å². The monoisotopic (exact) mass is 276 g/mol. The second-order valence-electron chi connectivity index (χ2n) is 5.66. The van der Waals surface area contributed by atoms with Gasteiger partial charge in [0.05, 0.1) is 6.10 Å². The molecule has 0 aromatic carbocycles. The van der Waals surface area contributed by atoms with Crippen LogP contribution >= 0.6 is 0 Å². The van der Waals surface area contributed by atoms with Gasteiger partial charge >= 0.3 is 0 Å². The van der Waals surface area contributed by atoms with E-state index < -0.39 is 16.3 Å². The zero-order chi connectivity index (χ0) is 13.2. The molecule has 2 rings (SSSR count). The highest BCUT2D eigenvalue weighted by Gasteiger charge is 2.32. The molecule has 6 heteroatoms. The Bertz CT molecular complexity index is 364. The van der Waals surface area contributed by atoms with Gasteiger partial charge in [-0.1, -0.05) is 19.8 Å². The van der Waals surface area contributed by atoms with Gasteiger partial charge in [-0.3, -0.25) is 0 Å². The quantitative estimate of drug-likeness (QED) is 0.803. The predicted octanol–water partition coefficient (Wildman–Crippen LogP) is 0.856. The smallest absolute Gasteiger partial charge is 0.279 e. The minimum Gasteiger partial charge on any atom is -0.391 e. The zero-order valence-corrected chi connectivity index (χ0v) is 11.8. The Balaban J connectivity index is 1.94. The van der Waals surface area contributed by atoms with Gasteiger partial charge in [0, 0.05) is 19.1 Å². The average Bonchev–Trinajstić information content (AvgIpc) is 2.32. The number of rotatable bonds is 3. The van der Waals surface area contributed by atoms with Gasteiger partial charge in [0.25, 0.3) is 10.2 Å². The fourth-order valence-electron chi connectivity index (χ4n) is 2.74. The molecule has 0 amide bonds. The van der Waals surface area contributed by atoms with Crippen molar-refractivity contribution in [3.05, 3.63) is 0 Å². The van der Waals surface area contributed by atoms with Crippen molar-refractivity contribution in [1.29, 1.82) is 0 Å². The molecule has 1 saturated heterocycles. The summed E-state index contributed by atoms with van der Waals surface area (Å²) in [4.78, 5) is 0. The zero-order valence-electron chi connectivity index (χ0n) is 11.0. The van der Waals surface area contributed by atoms with Crippen molar-refractivity contribution < 1.29 is 13.5 Å². The summed E-state index contributed by atoms with van der Waals surface area (Å²) in [5.74, 6) is 0.608. The van der Waals surface area contributed by atoms with E-state index in [2.05, 4.69) is 11.6 Å². The summed E-state index contributed by atoms with van der Waals surface area (Å²) in [7, 11) is -3.42. The van der Waals surface area contributed by atoms with Crippen molar-refractivity contribution in [3.8, 4) is 0 Å². The van der Waals surface area contributed by atoms with Crippen LogP contribution in [0.5, 0.6) is 0 Å². The van der Waals surface area contributed by atoms with E-state index in [4.69, 9.17) is 0 Å². The summed E-state index contributed by atoms with van der Waals surface area (Å²) in [5.41, 5.74) is 0. The number of hydrogen-bond donors (Lipinski definition) is 2. The molecule has 2 aliphatic rings. The number of nitrogens with one attached hydrogen (secondary N) is 1. The summed E-state index contributed by atoms with van der Waals surface area (Å²) in [6, 6.07) is -0.303. The van der Waals surface area contributed by atoms with Crippen molar-refractivity contribution in [2.75, 3.05) is 13.1 Å². The molecule has 0 bridgehead atoms. The van der Waals surface area contributed by atoms with Crippen molar-refractivity contribution in [1.82, 2.24) is 9.03 Å². The lowest BCUT2D eigenvalue weighted by Gasteiger charge is -2.33. The van der Waals surface area contributed by atoms with Crippen LogP contribution in [0.15, 0.2) is 0 Å². The lowest BCUT2D eigenvalue weighted by atomic mass is 9.93. The molecule has 0 spiro atoms. The first-order chi connectivity index (χ1) is 8.49. The molecule has 2 fully saturated rings. The first kappa shape index (κ1) is 14.2. The summed E-state index contributed by atoms with van der Waals surface area (Å²) in [6.07, 6.45) is 4.73. The molecule has 0 aromatic rings. The van der Waals surface area contributed by atoms with Crippen LogP contribution in [0.2, 0.25) is 0 Å². The second kappa shape index (κ2) is 5.86. The van der Waals surface area contributed by atoms with Gasteiger partial charge in [0.2, 0.25) is 0 Å². The maximum Gasteiger partial charge on any atom is 0.279 e. The summed E-state index contributed by atoms with van der Waals surface area (Å²) < 4.78 is 28.6. The Labute approximate surface area is 110 Å². The predicted molar refractivity (Wildman–Crippen MR) is 70.3 cm³/mol. The van der Waals surface area contributed by atoms with E-state index in [0.717, 1.165) is 32.1 Å². The maximum atomic E-state index is 12.2. The van der Waals surface area contributed by atoms with Gasteiger partial charge in [-0.25, -0.2) is 0 Å². The molecule has 0 unspecified atom stereocenters. The lowest BCUT2D eigenvalue weighted by Crippen LogP contribution is -2.52. The molecule has 5 nitrogen and oxygen atoms in total. The summed E-state index contributed by atoms with van der Waals surface area (Å²) >= 11 is 0. The van der Waals surface area contributed by atoms with E-state index in [1.807, 2.05) is 0 Å². The lowest BCUT2D eigenvalue weighted by molar-refractivity contribution is 0.0999. The van der Waals surface area contributed by atoms with Crippen molar-refractivity contribution >= 4 is 10.2 Å². The fourth-order valence-corrected chi connectivity index (χ4v) is 4.24. The van der Waals surface area contributed by atoms with Crippen LogP contribution < -0.4 is 4.72 Å². The maximum absolute atomic E-state index is 12.2. The molecule has 1 aliphatic heterocycles. The molecule has 2 N–H and O–H groups in total. The highest BCUT2D eigenvalue weighted by molar-refractivity contribution is 7.87. The van der Waals surface area contributed by atoms with Crippen LogP contribution in [0.1, 0.15) is 45.4 Å². The molecule has 0 radical (unpaired) electrons. The Kier molecular flexibility index (Phi) is 4.64. The van der Waals surface area contributed by atoms with Gasteiger partial charge in [-0.2, -0.15) is 17.4 Å². The van der Waals surface area contributed by atoms with Crippen molar-refractivity contribution in [3.63, 3.8) is 0 Å². The molecule has 106 valence electrons. The van der Waals surface area contributed by atoms with Crippen LogP contribution in [0, 0.1) is 5.92 Å². The van der Waals surface area contributed by atoms with Crippen LogP contribution in [0.4, 0.5) is 0 Å². The van der Waals surface area contributed by atoms with Gasteiger partial charge in [-0.15, -0.1) is 0 Å². The third kappa shape index (κ3) is 3.44. The molecule has 1 aliphatic carbocycles. The highest BCUT2D eigenvalue weighted by Crippen LogP contribution is 2.22. The van der Waals surface area contributed by atoms with E-state index in [0.29, 0.717) is 25.4 Å². The molecule has 1 heterocycles. The van der Waals surface area contributed by atoms with Crippen molar-refractivity contribution in [2.24, 2.45) is 5.92 Å². The van der Waals surface area contributed by atoms with Gasteiger partial charge in [-0.05, 0) is 31.6 Å². The van der Waals surface area contributed by atoms with E-state index in [1.165, 1.54) is 4.31 Å². The SMILES string of the molecule is CC1CCN(S(=O)(=O)N[C@H]2CCCC[C@@H]2O)CC1. The Morgan fingerprint density at radius 1 is 1.11 bits per heavy atom. The molecule has 1 saturated carbocycles. The minimum atomic E-state index is -3.42. The Hall–Kier alpha value is -0.170. The normalized spacial score (nSPS) is 32.6. The van der Waals surface area contributed by atoms with E-state index in [1.54, 1.807) is 0 Å². The van der Waals surface area contributed by atoms with E-state index in [9.17, 15) is 13.5 Å². The largest absolute Gasteiger partial charge is 0.391 e. The average molecular weight is 276 g/mol. The van der Waals surface area contributed by atoms with Gasteiger partial charge in [0.15, 0.2) is 0 Å². The Morgan fingerprint density at radius 3 is 2.33 bits per heavy atom. The fraction of sp³-hybridized carbons (Fsp3) is 1.00. The molecular formula is C12H24N2O3S. The number of piperidine rings is 1. The van der Waals surface area contributed by atoms with Crippen LogP contribution in [-0.2, 0) is 10.2 Å². The molecule has 18 heavy (non-hydrogen) atoms. The minimum absolute atomic E-state index is 0.303. The highest BCUT2D eigenvalue weighted by atomic mass is 32.2. The standard InChI is InChI=1S/C12H24N2O3S/c1-10-6-8-14(9-7-10)18(16,17)13-11-4-2-3-5-12(11)15/h10-13,15H,2-9H2,1H3/t11-,12-/m0/s1. The number of hydrogen-bond acceptors (Lipinski definition) is 3. The summed E-state index contributed by atoms with van der Waals surface area (Å²) in [6.45, 7) is 3.35. The van der Waals surface area contributed by atoms with E-state index >= 15 is 0 Å². The number of aliphatic hydroxyl groups excluding tert-OH is 1. The third-order valence-electron chi connectivity index (χ3n) is 4.11. The number of aliphatic hydroxyl groups is 1. The van der Waals surface area contributed by atoms with Crippen LogP contribution in [0.25, 0.3) is 0 Å². The van der Waals surface area contributed by atoms with Crippen LogP contribution in [0.3, 0.4) is 0 Å². The van der Waals surface area contributed by atoms with Crippen LogP contribution in [-0.4, -0.2) is 43.1 Å². The van der Waals surface area contributed by atoms with Gasteiger partial charge < -0.3 is 5.11 Å². The Morgan fingerprint density at radius 2 is 1.72 bits per heavy atom. The van der Waals surface area contributed by atoms with Crippen molar-refractivity contribution in [2.45, 2.75) is 57.6 Å². The molecule has 0 aromatic heterocycles. The molecule has 2 atom stereocenters. The summed E-state index contributed by atoms with van der Waals surface area (Å²) in [5, 5.41) is 9.83.